The van der Waals surface area contributed by atoms with Crippen LogP contribution in [0.5, 0.6) is 0 Å². The van der Waals surface area contributed by atoms with Crippen molar-refractivity contribution in [2.75, 3.05) is 17.3 Å². The van der Waals surface area contributed by atoms with Crippen LogP contribution in [0.1, 0.15) is 0 Å². The molecule has 2 aromatic rings. The normalized spacial score (nSPS) is 9.41. The number of hydrogen-bond donors (Lipinski definition) is 1. The smallest absolute Gasteiger partial charge is 0.185 e. The Bertz CT molecular complexity index is 533. The van der Waals surface area contributed by atoms with E-state index < -0.39 is 0 Å². The molecule has 0 aliphatic carbocycles. The minimum Gasteiger partial charge on any atom is -0.340 e. The van der Waals surface area contributed by atoms with Gasteiger partial charge >= 0.3 is 0 Å². The summed E-state index contributed by atoms with van der Waals surface area (Å²) in [5.41, 5.74) is 0.879. The SMILES string of the molecule is CN(C#N)c1cc(Nc2ccncc2)ncn1. The molecule has 6 heteroatoms. The van der Waals surface area contributed by atoms with E-state index in [1.807, 2.05) is 18.3 Å². The highest BCUT2D eigenvalue weighted by Gasteiger charge is 2.03. The molecule has 0 amide bonds. The first-order valence-corrected chi connectivity index (χ1v) is 4.92. The quantitative estimate of drug-likeness (QED) is 0.631. The van der Waals surface area contributed by atoms with Crippen LogP contribution in [0.15, 0.2) is 36.9 Å². The van der Waals surface area contributed by atoms with E-state index in [1.165, 1.54) is 11.2 Å². The van der Waals surface area contributed by atoms with Crippen molar-refractivity contribution in [3.8, 4) is 6.19 Å². The van der Waals surface area contributed by atoms with Crippen LogP contribution in [0.3, 0.4) is 0 Å². The molecule has 6 nitrogen and oxygen atoms in total. The Morgan fingerprint density at radius 2 is 2.06 bits per heavy atom. The molecule has 0 unspecified atom stereocenters. The lowest BCUT2D eigenvalue weighted by Gasteiger charge is -2.09. The first-order valence-electron chi connectivity index (χ1n) is 4.92. The summed E-state index contributed by atoms with van der Waals surface area (Å²) in [5.74, 6) is 1.17. The predicted molar refractivity (Wildman–Crippen MR) is 63.6 cm³/mol. The highest BCUT2D eigenvalue weighted by atomic mass is 15.2. The number of hydrogen-bond acceptors (Lipinski definition) is 6. The van der Waals surface area contributed by atoms with Gasteiger partial charge in [-0.1, -0.05) is 0 Å². The van der Waals surface area contributed by atoms with Crippen LogP contribution in [0.4, 0.5) is 17.3 Å². The maximum absolute atomic E-state index is 8.76. The zero-order valence-electron chi connectivity index (χ0n) is 9.20. The number of nitrogens with zero attached hydrogens (tertiary/aromatic N) is 5. The topological polar surface area (TPSA) is 77.7 Å². The second-order valence-electron chi connectivity index (χ2n) is 3.28. The van der Waals surface area contributed by atoms with Crippen molar-refractivity contribution in [3.63, 3.8) is 0 Å². The Hall–Kier alpha value is -2.68. The first-order chi connectivity index (χ1) is 8.29. The molecule has 0 radical (unpaired) electrons. The van der Waals surface area contributed by atoms with Gasteiger partial charge in [0.2, 0.25) is 0 Å². The van der Waals surface area contributed by atoms with Gasteiger partial charge in [-0.2, -0.15) is 5.26 Å². The van der Waals surface area contributed by atoms with Crippen LogP contribution in [-0.2, 0) is 0 Å². The minimum atomic E-state index is 0.541. The molecule has 84 valence electrons. The van der Waals surface area contributed by atoms with E-state index in [1.54, 1.807) is 25.5 Å². The number of nitriles is 1. The third kappa shape index (κ3) is 2.66. The lowest BCUT2D eigenvalue weighted by molar-refractivity contribution is 1.08. The van der Waals surface area contributed by atoms with Crippen molar-refractivity contribution in [2.45, 2.75) is 0 Å². The monoisotopic (exact) mass is 226 g/mol. The molecule has 17 heavy (non-hydrogen) atoms. The number of pyridine rings is 1. The third-order valence-electron chi connectivity index (χ3n) is 2.10. The zero-order valence-corrected chi connectivity index (χ0v) is 9.20. The largest absolute Gasteiger partial charge is 0.340 e. The average molecular weight is 226 g/mol. The van der Waals surface area contributed by atoms with Gasteiger partial charge < -0.3 is 5.32 Å². The van der Waals surface area contributed by atoms with E-state index in [0.29, 0.717) is 11.6 Å². The molecule has 0 aliphatic heterocycles. The maximum atomic E-state index is 8.76. The Balaban J connectivity index is 2.20. The molecule has 2 aromatic heterocycles. The molecule has 2 rings (SSSR count). The molecule has 0 fully saturated rings. The van der Waals surface area contributed by atoms with E-state index >= 15 is 0 Å². The molecule has 0 bridgehead atoms. The van der Waals surface area contributed by atoms with E-state index in [0.717, 1.165) is 5.69 Å². The van der Waals surface area contributed by atoms with Gasteiger partial charge in [-0.15, -0.1) is 0 Å². The van der Waals surface area contributed by atoms with Crippen LogP contribution in [0.2, 0.25) is 0 Å². The number of nitrogens with one attached hydrogen (secondary N) is 1. The van der Waals surface area contributed by atoms with E-state index in [2.05, 4.69) is 20.3 Å². The number of anilines is 3. The van der Waals surface area contributed by atoms with Crippen LogP contribution < -0.4 is 10.2 Å². The second-order valence-corrected chi connectivity index (χ2v) is 3.28. The summed E-state index contributed by atoms with van der Waals surface area (Å²) in [6, 6.07) is 5.36. The number of rotatable bonds is 3. The summed E-state index contributed by atoms with van der Waals surface area (Å²) >= 11 is 0. The highest BCUT2D eigenvalue weighted by Crippen LogP contribution is 2.16. The van der Waals surface area contributed by atoms with Gasteiger partial charge in [0.15, 0.2) is 6.19 Å². The fraction of sp³-hybridized carbons (Fsp3) is 0.0909. The van der Waals surface area contributed by atoms with E-state index in [4.69, 9.17) is 5.26 Å². The summed E-state index contributed by atoms with van der Waals surface area (Å²) in [7, 11) is 1.64. The first kappa shape index (κ1) is 10.8. The summed E-state index contributed by atoms with van der Waals surface area (Å²) in [6.45, 7) is 0. The molecule has 0 saturated heterocycles. The minimum absolute atomic E-state index is 0.541. The van der Waals surface area contributed by atoms with E-state index in [-0.39, 0.29) is 0 Å². The highest BCUT2D eigenvalue weighted by molar-refractivity contribution is 5.59. The van der Waals surface area contributed by atoms with Gasteiger partial charge in [-0.05, 0) is 12.1 Å². The molecule has 0 aromatic carbocycles. The Morgan fingerprint density at radius 1 is 1.29 bits per heavy atom. The molecule has 0 saturated carbocycles. The van der Waals surface area contributed by atoms with E-state index in [9.17, 15) is 0 Å². The van der Waals surface area contributed by atoms with Crippen LogP contribution >= 0.6 is 0 Å². The van der Waals surface area contributed by atoms with Gasteiger partial charge in [0.05, 0.1) is 0 Å². The van der Waals surface area contributed by atoms with Crippen molar-refractivity contribution in [1.82, 2.24) is 15.0 Å². The summed E-state index contributed by atoms with van der Waals surface area (Å²) < 4.78 is 0. The Kier molecular flexibility index (Phi) is 3.12. The Morgan fingerprint density at radius 3 is 2.76 bits per heavy atom. The molecule has 2 heterocycles. The van der Waals surface area contributed by atoms with Crippen LogP contribution in [0.25, 0.3) is 0 Å². The van der Waals surface area contributed by atoms with Crippen LogP contribution in [-0.4, -0.2) is 22.0 Å². The fourth-order valence-electron chi connectivity index (χ4n) is 1.23. The third-order valence-corrected chi connectivity index (χ3v) is 2.10. The average Bonchev–Trinajstić information content (AvgIpc) is 2.39. The summed E-state index contributed by atoms with van der Waals surface area (Å²) in [6.07, 6.45) is 6.76. The van der Waals surface area contributed by atoms with Gasteiger partial charge in [-0.3, -0.25) is 9.88 Å². The van der Waals surface area contributed by atoms with Gasteiger partial charge in [0.25, 0.3) is 0 Å². The van der Waals surface area contributed by atoms with Crippen molar-refractivity contribution >= 4 is 17.3 Å². The summed E-state index contributed by atoms with van der Waals surface area (Å²) in [4.78, 5) is 13.3. The zero-order chi connectivity index (χ0) is 12.1. The predicted octanol–water partition coefficient (Wildman–Crippen LogP) is 1.53. The van der Waals surface area contributed by atoms with Crippen LogP contribution in [0, 0.1) is 11.5 Å². The van der Waals surface area contributed by atoms with Gasteiger partial charge in [-0.25, -0.2) is 9.97 Å². The summed E-state index contributed by atoms with van der Waals surface area (Å²) in [5, 5.41) is 11.9. The van der Waals surface area contributed by atoms with Crippen molar-refractivity contribution < 1.29 is 0 Å². The lowest BCUT2D eigenvalue weighted by atomic mass is 10.4. The molecular formula is C11H10N6. The van der Waals surface area contributed by atoms with Gasteiger partial charge in [0.1, 0.15) is 18.0 Å². The second kappa shape index (κ2) is 4.90. The molecular weight excluding hydrogens is 216 g/mol. The lowest BCUT2D eigenvalue weighted by Crippen LogP contribution is -2.10. The molecule has 1 N–H and O–H groups in total. The Labute approximate surface area is 98.6 Å². The van der Waals surface area contributed by atoms with Crippen molar-refractivity contribution in [1.29, 1.82) is 5.26 Å². The van der Waals surface area contributed by atoms with Crippen molar-refractivity contribution in [3.05, 3.63) is 36.9 Å². The molecule has 0 aliphatic rings. The number of aromatic nitrogens is 3. The van der Waals surface area contributed by atoms with Crippen molar-refractivity contribution in [2.24, 2.45) is 0 Å². The maximum Gasteiger partial charge on any atom is 0.185 e. The fourth-order valence-corrected chi connectivity index (χ4v) is 1.23. The molecule has 0 spiro atoms. The van der Waals surface area contributed by atoms with Gasteiger partial charge in [0, 0.05) is 31.2 Å². The molecule has 0 atom stereocenters. The standard InChI is InChI=1S/C11H10N6/c1-17(7-12)11-6-10(14-8-15-11)16-9-2-4-13-5-3-9/h2-6,8H,1H3,(H,13,14,15,16).